The summed E-state index contributed by atoms with van der Waals surface area (Å²) >= 11 is 0. The van der Waals surface area contributed by atoms with Gasteiger partial charge in [-0.05, 0) is 25.8 Å². The molecule has 0 aliphatic carbocycles. The molecule has 1 aliphatic rings. The molecule has 126 valence electrons. The van der Waals surface area contributed by atoms with Gasteiger partial charge in [0.2, 0.25) is 5.89 Å². The van der Waals surface area contributed by atoms with Gasteiger partial charge in [0.25, 0.3) is 0 Å². The van der Waals surface area contributed by atoms with E-state index < -0.39 is 0 Å². The third-order valence-electron chi connectivity index (χ3n) is 4.37. The maximum absolute atomic E-state index is 9.49. The highest BCUT2D eigenvalue weighted by Crippen LogP contribution is 2.22. The second-order valence-corrected chi connectivity index (χ2v) is 6.07. The number of nitrogens with zero attached hydrogens (tertiary/aromatic N) is 7. The van der Waals surface area contributed by atoms with Gasteiger partial charge >= 0.3 is 0 Å². The van der Waals surface area contributed by atoms with Crippen molar-refractivity contribution in [2.75, 3.05) is 31.1 Å². The zero-order chi connectivity index (χ0) is 17.1. The first-order valence-electron chi connectivity index (χ1n) is 8.09. The van der Waals surface area contributed by atoms with Crippen LogP contribution in [0.4, 0.5) is 5.82 Å². The van der Waals surface area contributed by atoms with E-state index in [-0.39, 0.29) is 0 Å². The Hall–Kier alpha value is -2.53. The van der Waals surface area contributed by atoms with E-state index in [0.29, 0.717) is 29.6 Å². The van der Waals surface area contributed by atoms with Crippen LogP contribution in [-0.4, -0.2) is 51.4 Å². The first kappa shape index (κ1) is 16.3. The van der Waals surface area contributed by atoms with Gasteiger partial charge in [-0.2, -0.15) is 15.3 Å². The number of aryl methyl sites for hydroxylation is 2. The van der Waals surface area contributed by atoms with E-state index in [1.54, 1.807) is 6.92 Å². The molecule has 8 nitrogen and oxygen atoms in total. The van der Waals surface area contributed by atoms with Crippen LogP contribution in [-0.2, 0) is 6.54 Å². The molecule has 8 heteroatoms. The number of hydrogen-bond acceptors (Lipinski definition) is 8. The first-order chi connectivity index (χ1) is 11.6. The number of aromatic nitrogens is 4. The Morgan fingerprint density at radius 2 is 1.96 bits per heavy atom. The molecule has 2 aromatic heterocycles. The highest BCUT2D eigenvalue weighted by Gasteiger charge is 2.21. The molecule has 3 rings (SSSR count). The molecule has 0 radical (unpaired) electrons. The monoisotopic (exact) mass is 327 g/mol. The van der Waals surface area contributed by atoms with Gasteiger partial charge < -0.3 is 9.42 Å². The summed E-state index contributed by atoms with van der Waals surface area (Å²) in [5, 5.41) is 21.9. The lowest BCUT2D eigenvalue weighted by Crippen LogP contribution is -2.32. The standard InChI is InChI=1S/C16H21N7O/c1-11-12(2)19-20-16(14(11)9-17)23-6-4-5-22(7-8-23)10-15-18-13(3)24-21-15/h4-8,10H2,1-3H3. The number of rotatable bonds is 3. The second kappa shape index (κ2) is 6.93. The third kappa shape index (κ3) is 3.36. The van der Waals surface area contributed by atoms with E-state index in [1.165, 1.54) is 0 Å². The summed E-state index contributed by atoms with van der Waals surface area (Å²) in [5.41, 5.74) is 2.34. The molecule has 0 saturated carbocycles. The quantitative estimate of drug-likeness (QED) is 0.834. The van der Waals surface area contributed by atoms with Crippen molar-refractivity contribution in [3.63, 3.8) is 0 Å². The van der Waals surface area contributed by atoms with E-state index in [2.05, 4.69) is 36.2 Å². The summed E-state index contributed by atoms with van der Waals surface area (Å²) in [5.74, 6) is 1.99. The summed E-state index contributed by atoms with van der Waals surface area (Å²) in [6.07, 6.45) is 0.982. The van der Waals surface area contributed by atoms with Crippen LogP contribution in [0.15, 0.2) is 4.52 Å². The fourth-order valence-corrected chi connectivity index (χ4v) is 2.90. The molecule has 0 atom stereocenters. The van der Waals surface area contributed by atoms with Crippen LogP contribution >= 0.6 is 0 Å². The smallest absolute Gasteiger partial charge is 0.223 e. The zero-order valence-electron chi connectivity index (χ0n) is 14.3. The van der Waals surface area contributed by atoms with Crippen molar-refractivity contribution < 1.29 is 4.52 Å². The summed E-state index contributed by atoms with van der Waals surface area (Å²) in [6, 6.07) is 2.29. The normalized spacial score (nSPS) is 16.0. The Morgan fingerprint density at radius 3 is 2.67 bits per heavy atom. The van der Waals surface area contributed by atoms with Crippen LogP contribution in [0.1, 0.15) is 35.0 Å². The Morgan fingerprint density at radius 1 is 1.12 bits per heavy atom. The molecule has 0 unspecified atom stereocenters. The lowest BCUT2D eigenvalue weighted by Gasteiger charge is -2.23. The molecule has 3 heterocycles. The van der Waals surface area contributed by atoms with Gasteiger partial charge in [-0.3, -0.25) is 4.90 Å². The average Bonchev–Trinajstić information content (AvgIpc) is 2.83. The lowest BCUT2D eigenvalue weighted by atomic mass is 10.1. The first-order valence-corrected chi connectivity index (χ1v) is 8.09. The summed E-state index contributed by atoms with van der Waals surface area (Å²) in [6.45, 7) is 9.73. The predicted molar refractivity (Wildman–Crippen MR) is 87.4 cm³/mol. The summed E-state index contributed by atoms with van der Waals surface area (Å²) < 4.78 is 5.03. The van der Waals surface area contributed by atoms with Gasteiger partial charge in [0.05, 0.1) is 12.2 Å². The minimum absolute atomic E-state index is 0.588. The molecule has 1 saturated heterocycles. The topological polar surface area (TPSA) is 95.0 Å². The van der Waals surface area contributed by atoms with Crippen LogP contribution in [0.5, 0.6) is 0 Å². The van der Waals surface area contributed by atoms with E-state index >= 15 is 0 Å². The van der Waals surface area contributed by atoms with E-state index in [9.17, 15) is 5.26 Å². The van der Waals surface area contributed by atoms with E-state index in [1.807, 2.05) is 13.8 Å². The molecule has 0 spiro atoms. The molecule has 0 bridgehead atoms. The van der Waals surface area contributed by atoms with Crippen molar-refractivity contribution in [3.8, 4) is 6.07 Å². The number of nitriles is 1. The molecule has 0 aromatic carbocycles. The van der Waals surface area contributed by atoms with E-state index in [0.717, 1.165) is 43.9 Å². The van der Waals surface area contributed by atoms with Crippen molar-refractivity contribution in [3.05, 3.63) is 28.5 Å². The van der Waals surface area contributed by atoms with Gasteiger partial charge in [0, 0.05) is 33.1 Å². The minimum Gasteiger partial charge on any atom is -0.353 e. The van der Waals surface area contributed by atoms with Crippen molar-refractivity contribution in [2.45, 2.75) is 33.7 Å². The largest absolute Gasteiger partial charge is 0.353 e. The van der Waals surface area contributed by atoms with Crippen LogP contribution in [0.3, 0.4) is 0 Å². The van der Waals surface area contributed by atoms with E-state index in [4.69, 9.17) is 4.52 Å². The minimum atomic E-state index is 0.588. The van der Waals surface area contributed by atoms with Crippen molar-refractivity contribution in [1.82, 2.24) is 25.2 Å². The zero-order valence-corrected chi connectivity index (χ0v) is 14.3. The predicted octanol–water partition coefficient (Wildman–Crippen LogP) is 1.37. The molecule has 24 heavy (non-hydrogen) atoms. The Kier molecular flexibility index (Phi) is 4.71. The average molecular weight is 327 g/mol. The van der Waals surface area contributed by atoms with Gasteiger partial charge in [-0.1, -0.05) is 5.16 Å². The van der Waals surface area contributed by atoms with Crippen LogP contribution < -0.4 is 4.90 Å². The molecule has 0 amide bonds. The Balaban J connectivity index is 1.72. The Labute approximate surface area is 141 Å². The number of hydrogen-bond donors (Lipinski definition) is 0. The van der Waals surface area contributed by atoms with Gasteiger partial charge in [0.15, 0.2) is 11.6 Å². The molecule has 2 aromatic rings. The van der Waals surface area contributed by atoms with Gasteiger partial charge in [-0.25, -0.2) is 0 Å². The van der Waals surface area contributed by atoms with Gasteiger partial charge in [0.1, 0.15) is 11.6 Å². The van der Waals surface area contributed by atoms with Crippen LogP contribution in [0.25, 0.3) is 0 Å². The second-order valence-electron chi connectivity index (χ2n) is 6.07. The maximum Gasteiger partial charge on any atom is 0.223 e. The van der Waals surface area contributed by atoms with Crippen LogP contribution in [0, 0.1) is 32.1 Å². The number of anilines is 1. The van der Waals surface area contributed by atoms with Crippen molar-refractivity contribution in [1.29, 1.82) is 5.26 Å². The summed E-state index contributed by atoms with van der Waals surface area (Å²) in [4.78, 5) is 8.71. The fourth-order valence-electron chi connectivity index (χ4n) is 2.90. The van der Waals surface area contributed by atoms with Gasteiger partial charge in [-0.15, -0.1) is 5.10 Å². The highest BCUT2D eigenvalue weighted by molar-refractivity contribution is 5.57. The van der Waals surface area contributed by atoms with Crippen molar-refractivity contribution in [2.24, 2.45) is 0 Å². The molecule has 0 N–H and O–H groups in total. The SMILES string of the molecule is Cc1nc(CN2CCCN(c3nnc(C)c(C)c3C#N)CC2)no1. The summed E-state index contributed by atoms with van der Waals surface area (Å²) in [7, 11) is 0. The Bertz CT molecular complexity index is 764. The van der Waals surface area contributed by atoms with Crippen molar-refractivity contribution >= 4 is 5.82 Å². The highest BCUT2D eigenvalue weighted by atomic mass is 16.5. The van der Waals surface area contributed by atoms with Crippen LogP contribution in [0.2, 0.25) is 0 Å². The molecular formula is C16H21N7O. The fraction of sp³-hybridized carbons (Fsp3) is 0.562. The molecular weight excluding hydrogens is 306 g/mol. The maximum atomic E-state index is 9.49. The molecule has 1 aliphatic heterocycles. The lowest BCUT2D eigenvalue weighted by molar-refractivity contribution is 0.272. The third-order valence-corrected chi connectivity index (χ3v) is 4.37. The molecule has 1 fully saturated rings.